The molecule has 1 heterocycles. The van der Waals surface area contributed by atoms with Crippen molar-refractivity contribution >= 4 is 17.6 Å². The number of carbonyl (C=O) groups excluding carboxylic acids is 2. The van der Waals surface area contributed by atoms with Gasteiger partial charge in [0.25, 0.3) is 0 Å². The fraction of sp³-hybridized carbons (Fsp3) is 0.414. The van der Waals surface area contributed by atoms with Gasteiger partial charge in [-0.05, 0) is 42.9 Å². The Bertz CT molecular complexity index is 1160. The maximum Gasteiger partial charge on any atom is 0.245 e. The lowest BCUT2D eigenvalue weighted by molar-refractivity contribution is -0.136. The number of carbonyl (C=O) groups is 2. The lowest BCUT2D eigenvalue weighted by atomic mass is 9.91. The van der Waals surface area contributed by atoms with Crippen LogP contribution in [-0.4, -0.2) is 39.6 Å². The summed E-state index contributed by atoms with van der Waals surface area (Å²) in [4.78, 5) is 28.1. The van der Waals surface area contributed by atoms with Gasteiger partial charge in [-0.25, -0.2) is 4.68 Å². The van der Waals surface area contributed by atoms with E-state index in [2.05, 4.69) is 12.2 Å². The molecule has 3 aromatic rings. The Balaban J connectivity index is 1.97. The lowest BCUT2D eigenvalue weighted by Gasteiger charge is -2.26. The van der Waals surface area contributed by atoms with Gasteiger partial charge in [-0.1, -0.05) is 82.6 Å². The number of para-hydroxylation sites is 1. The van der Waals surface area contributed by atoms with Gasteiger partial charge in [-0.2, -0.15) is 5.10 Å². The van der Waals surface area contributed by atoms with Crippen LogP contribution in [0.5, 0.6) is 0 Å². The predicted molar refractivity (Wildman–Crippen MR) is 143 cm³/mol. The number of nitrogens with one attached hydrogen (secondary N) is 1. The molecule has 0 unspecified atom stereocenters. The Morgan fingerprint density at radius 1 is 1.00 bits per heavy atom. The number of anilines is 1. The largest absolute Gasteiger partial charge is 0.333 e. The molecule has 6 nitrogen and oxygen atoms in total. The molecule has 0 spiro atoms. The molecule has 0 aliphatic heterocycles. The van der Waals surface area contributed by atoms with Crippen molar-refractivity contribution in [3.05, 3.63) is 65.9 Å². The van der Waals surface area contributed by atoms with Crippen molar-refractivity contribution in [1.29, 1.82) is 0 Å². The average molecular weight is 475 g/mol. The summed E-state index contributed by atoms with van der Waals surface area (Å²) in [5, 5.41) is 7.92. The number of amides is 2. The number of aryl methyl sites for hydroxylation is 2. The minimum Gasteiger partial charge on any atom is -0.333 e. The molecule has 2 aromatic carbocycles. The molecule has 1 aromatic heterocycles. The second-order valence-electron chi connectivity index (χ2n) is 10.3. The quantitative estimate of drug-likeness (QED) is 0.404. The summed E-state index contributed by atoms with van der Waals surface area (Å²) in [5.41, 5.74) is 4.49. The van der Waals surface area contributed by atoms with Crippen molar-refractivity contribution in [2.24, 2.45) is 5.41 Å². The SMILES string of the molecule is CCCCN(CC(=O)Nc1c(-c2ccccc2)c(C)nn1-c1ccccc1C)C(=O)CC(C)(C)C. The maximum absolute atomic E-state index is 13.4. The third kappa shape index (κ3) is 6.81. The lowest BCUT2D eigenvalue weighted by Crippen LogP contribution is -2.40. The van der Waals surface area contributed by atoms with Crippen LogP contribution in [0.15, 0.2) is 54.6 Å². The molecule has 35 heavy (non-hydrogen) atoms. The number of hydrogen-bond donors (Lipinski definition) is 1. The van der Waals surface area contributed by atoms with Crippen LogP contribution in [0, 0.1) is 19.3 Å². The zero-order valence-corrected chi connectivity index (χ0v) is 21.9. The maximum atomic E-state index is 13.4. The molecular formula is C29H38N4O2. The van der Waals surface area contributed by atoms with Gasteiger partial charge < -0.3 is 10.2 Å². The molecule has 0 aliphatic rings. The summed E-state index contributed by atoms with van der Waals surface area (Å²) in [6.45, 7) is 12.8. The molecule has 6 heteroatoms. The predicted octanol–water partition coefficient (Wildman–Crippen LogP) is 6.16. The zero-order chi connectivity index (χ0) is 25.6. The number of benzene rings is 2. The fourth-order valence-electron chi connectivity index (χ4n) is 4.12. The Morgan fingerprint density at radius 2 is 1.66 bits per heavy atom. The normalized spacial score (nSPS) is 11.4. The number of hydrogen-bond acceptors (Lipinski definition) is 3. The molecule has 0 fully saturated rings. The summed E-state index contributed by atoms with van der Waals surface area (Å²) < 4.78 is 1.80. The topological polar surface area (TPSA) is 67.2 Å². The van der Waals surface area contributed by atoms with Crippen LogP contribution in [-0.2, 0) is 9.59 Å². The van der Waals surface area contributed by atoms with Gasteiger partial charge >= 0.3 is 0 Å². The van der Waals surface area contributed by atoms with Crippen molar-refractivity contribution in [2.45, 2.75) is 60.8 Å². The minimum absolute atomic E-state index is 0.00738. The second-order valence-corrected chi connectivity index (χ2v) is 10.3. The van der Waals surface area contributed by atoms with Crippen LogP contribution < -0.4 is 5.32 Å². The van der Waals surface area contributed by atoms with Gasteiger partial charge in [-0.15, -0.1) is 0 Å². The van der Waals surface area contributed by atoms with E-state index in [0.717, 1.165) is 40.9 Å². The summed E-state index contributed by atoms with van der Waals surface area (Å²) in [6.07, 6.45) is 2.22. The molecule has 186 valence electrons. The summed E-state index contributed by atoms with van der Waals surface area (Å²) in [5.74, 6) is 0.398. The van der Waals surface area contributed by atoms with E-state index in [1.54, 1.807) is 9.58 Å². The van der Waals surface area contributed by atoms with E-state index < -0.39 is 0 Å². The van der Waals surface area contributed by atoms with Crippen LogP contribution in [0.1, 0.15) is 58.2 Å². The molecule has 0 bridgehead atoms. The molecule has 1 N–H and O–H groups in total. The van der Waals surface area contributed by atoms with Gasteiger partial charge in [0.05, 0.1) is 17.9 Å². The standard InChI is InChI=1S/C29H38N4O2/c1-7-8-18-32(26(35)19-29(4,5)6)20-25(34)30-28-27(23-15-10-9-11-16-23)22(3)31-33(28)24-17-13-12-14-21(24)2/h9-17H,7-8,18-20H2,1-6H3,(H,30,34). The molecule has 3 rings (SSSR count). The highest BCUT2D eigenvalue weighted by molar-refractivity contribution is 5.98. The second kappa shape index (κ2) is 11.3. The van der Waals surface area contributed by atoms with Crippen LogP contribution >= 0.6 is 0 Å². The van der Waals surface area contributed by atoms with Gasteiger partial charge in [0.2, 0.25) is 11.8 Å². The highest BCUT2D eigenvalue weighted by Gasteiger charge is 2.25. The Labute approximate surface area is 209 Å². The first-order valence-electron chi connectivity index (χ1n) is 12.4. The first kappa shape index (κ1) is 26.2. The summed E-state index contributed by atoms with van der Waals surface area (Å²) in [6, 6.07) is 17.9. The number of rotatable bonds is 9. The van der Waals surface area contributed by atoms with Gasteiger partial charge in [-0.3, -0.25) is 9.59 Å². The van der Waals surface area contributed by atoms with Crippen LogP contribution in [0.2, 0.25) is 0 Å². The average Bonchev–Trinajstić information content (AvgIpc) is 3.11. The molecule has 0 aliphatic carbocycles. The van der Waals surface area contributed by atoms with Crippen molar-refractivity contribution in [2.75, 3.05) is 18.4 Å². The first-order chi connectivity index (χ1) is 16.6. The van der Waals surface area contributed by atoms with E-state index in [1.165, 1.54) is 0 Å². The Hall–Kier alpha value is -3.41. The highest BCUT2D eigenvalue weighted by atomic mass is 16.2. The highest BCUT2D eigenvalue weighted by Crippen LogP contribution is 2.34. The van der Waals surface area contributed by atoms with Crippen molar-refractivity contribution < 1.29 is 9.59 Å². The van der Waals surface area contributed by atoms with Crippen LogP contribution in [0.3, 0.4) is 0 Å². The van der Waals surface area contributed by atoms with Crippen LogP contribution in [0.25, 0.3) is 16.8 Å². The summed E-state index contributed by atoms with van der Waals surface area (Å²) >= 11 is 0. The summed E-state index contributed by atoms with van der Waals surface area (Å²) in [7, 11) is 0. The molecule has 0 atom stereocenters. The molecule has 0 saturated heterocycles. The van der Waals surface area contributed by atoms with E-state index in [4.69, 9.17) is 5.10 Å². The van der Waals surface area contributed by atoms with Crippen molar-refractivity contribution in [3.63, 3.8) is 0 Å². The molecule has 0 radical (unpaired) electrons. The van der Waals surface area contributed by atoms with E-state index in [1.807, 2.05) is 89.2 Å². The van der Waals surface area contributed by atoms with Crippen molar-refractivity contribution in [3.8, 4) is 16.8 Å². The number of aromatic nitrogens is 2. The van der Waals surface area contributed by atoms with Crippen molar-refractivity contribution in [1.82, 2.24) is 14.7 Å². The van der Waals surface area contributed by atoms with E-state index in [-0.39, 0.29) is 23.8 Å². The minimum atomic E-state index is -0.227. The van der Waals surface area contributed by atoms with E-state index >= 15 is 0 Å². The molecule has 2 amide bonds. The Kier molecular flexibility index (Phi) is 8.49. The third-order valence-electron chi connectivity index (χ3n) is 5.87. The third-order valence-corrected chi connectivity index (χ3v) is 5.87. The molecular weight excluding hydrogens is 436 g/mol. The van der Waals surface area contributed by atoms with Gasteiger partial charge in [0.1, 0.15) is 5.82 Å². The van der Waals surface area contributed by atoms with E-state index in [9.17, 15) is 9.59 Å². The first-order valence-corrected chi connectivity index (χ1v) is 12.4. The zero-order valence-electron chi connectivity index (χ0n) is 21.9. The van der Waals surface area contributed by atoms with E-state index in [0.29, 0.717) is 18.8 Å². The number of nitrogens with zero attached hydrogens (tertiary/aromatic N) is 3. The fourth-order valence-corrected chi connectivity index (χ4v) is 4.12. The van der Waals surface area contributed by atoms with Gasteiger partial charge in [0.15, 0.2) is 0 Å². The van der Waals surface area contributed by atoms with Gasteiger partial charge in [0, 0.05) is 18.5 Å². The molecule has 0 saturated carbocycles. The Morgan fingerprint density at radius 3 is 2.29 bits per heavy atom. The number of unbranched alkanes of at least 4 members (excludes halogenated alkanes) is 1. The monoisotopic (exact) mass is 474 g/mol. The van der Waals surface area contributed by atoms with Crippen LogP contribution in [0.4, 0.5) is 5.82 Å². The smallest absolute Gasteiger partial charge is 0.245 e.